The Hall–Kier alpha value is -0.390. The Balaban J connectivity index is 5.94. The van der Waals surface area contributed by atoms with Crippen LogP contribution in [0.5, 0.6) is 0 Å². The number of hydrogen-bond donors (Lipinski definition) is 0. The molecule has 0 saturated heterocycles. The van der Waals surface area contributed by atoms with E-state index in [0.29, 0.717) is 14.0 Å². The second-order valence-electron chi connectivity index (χ2n) is 5.04. The van der Waals surface area contributed by atoms with E-state index < -0.39 is 40.7 Å². The molecule has 2 nitrogen and oxygen atoms in total. The molecule has 150 valence electrons. The Morgan fingerprint density at radius 1 is 0.920 bits per heavy atom. The molecule has 0 N–H and O–H groups in total. The molecule has 0 aromatic rings. The number of rotatable bonds is 10. The van der Waals surface area contributed by atoms with E-state index in [2.05, 4.69) is 39.3 Å². The summed E-state index contributed by atoms with van der Waals surface area (Å²) < 4.78 is 127. The van der Waals surface area contributed by atoms with E-state index in [0.717, 1.165) is 6.08 Å². The SMILES string of the molecule is C=CCCC(C)(OC)C(F)(F)C(F)(F)C(F)(F)OC(F)(Cl)C(F)(F)Cl. The predicted molar refractivity (Wildman–Crippen MR) is 71.3 cm³/mol. The van der Waals surface area contributed by atoms with Gasteiger partial charge in [-0.3, -0.25) is 4.74 Å². The maximum atomic E-state index is 14.1. The van der Waals surface area contributed by atoms with Crippen LogP contribution >= 0.6 is 23.2 Å². The van der Waals surface area contributed by atoms with Crippen LogP contribution < -0.4 is 0 Å². The molecule has 0 fully saturated rings. The van der Waals surface area contributed by atoms with E-state index in [1.807, 2.05) is 0 Å². The minimum Gasteiger partial charge on any atom is -0.372 e. The van der Waals surface area contributed by atoms with Gasteiger partial charge in [-0.15, -0.1) is 6.58 Å². The highest BCUT2D eigenvalue weighted by Crippen LogP contribution is 2.56. The number of allylic oxidation sites excluding steroid dienone is 1. The lowest BCUT2D eigenvalue weighted by atomic mass is 9.87. The summed E-state index contributed by atoms with van der Waals surface area (Å²) in [5, 5.41) is -10.8. The summed E-state index contributed by atoms with van der Waals surface area (Å²) in [6, 6.07) is 0. The smallest absolute Gasteiger partial charge is 0.372 e. The average molecular weight is 431 g/mol. The highest BCUT2D eigenvalue weighted by molar-refractivity contribution is 6.31. The summed E-state index contributed by atoms with van der Waals surface area (Å²) in [5.74, 6) is -12.2. The van der Waals surface area contributed by atoms with Gasteiger partial charge in [0, 0.05) is 7.11 Å². The van der Waals surface area contributed by atoms with Crippen molar-refractivity contribution in [2.24, 2.45) is 0 Å². The molecular weight excluding hydrogens is 418 g/mol. The fraction of sp³-hybridized carbons (Fsp3) is 0.833. The summed E-state index contributed by atoms with van der Waals surface area (Å²) in [6.07, 6.45) is -6.75. The van der Waals surface area contributed by atoms with Crippen molar-refractivity contribution in [3.8, 4) is 0 Å². The molecule has 2 atom stereocenters. The van der Waals surface area contributed by atoms with Gasteiger partial charge in [0.05, 0.1) is 0 Å². The van der Waals surface area contributed by atoms with Gasteiger partial charge in [0.15, 0.2) is 0 Å². The lowest BCUT2D eigenvalue weighted by Crippen LogP contribution is -2.66. The summed E-state index contributed by atoms with van der Waals surface area (Å²) in [5.41, 5.74) is -3.22. The Kier molecular flexibility index (Phi) is 7.20. The molecule has 0 aromatic heterocycles. The quantitative estimate of drug-likeness (QED) is 0.243. The van der Waals surface area contributed by atoms with Crippen LogP contribution in [0.3, 0.4) is 0 Å². The van der Waals surface area contributed by atoms with Gasteiger partial charge in [0.1, 0.15) is 5.60 Å². The number of hydrogen-bond acceptors (Lipinski definition) is 2. The van der Waals surface area contributed by atoms with Crippen molar-refractivity contribution in [1.29, 1.82) is 0 Å². The first-order valence-corrected chi connectivity index (χ1v) is 7.03. The molecule has 25 heavy (non-hydrogen) atoms. The summed E-state index contributed by atoms with van der Waals surface area (Å²) >= 11 is 8.23. The van der Waals surface area contributed by atoms with Gasteiger partial charge in [0.25, 0.3) is 0 Å². The molecule has 0 heterocycles. The Bertz CT molecular complexity index is 480. The molecule has 0 saturated carbocycles. The molecule has 0 aliphatic rings. The Labute approximate surface area is 146 Å². The van der Waals surface area contributed by atoms with E-state index in [-0.39, 0.29) is 6.42 Å². The first-order chi connectivity index (χ1) is 10.8. The number of alkyl halides is 11. The summed E-state index contributed by atoms with van der Waals surface area (Å²) in [6.45, 7) is 3.50. The molecular formula is C12H13Cl2F9O2. The average Bonchev–Trinajstić information content (AvgIpc) is 2.41. The summed E-state index contributed by atoms with van der Waals surface area (Å²) in [4.78, 5) is 0. The molecule has 0 aliphatic carbocycles. The molecule has 0 rings (SSSR count). The van der Waals surface area contributed by atoms with Crippen molar-refractivity contribution in [3.63, 3.8) is 0 Å². The second-order valence-corrected chi connectivity index (χ2v) is 6.01. The van der Waals surface area contributed by atoms with Crippen LogP contribution in [0, 0.1) is 0 Å². The molecule has 0 bridgehead atoms. The first kappa shape index (κ1) is 24.6. The molecule has 0 spiro atoms. The standard InChI is InChI=1S/C12H13Cl2F9O2/c1-4-5-6-7(2,24-3)8(15,16)9(17,18)12(22,23)25-11(14,21)10(13,19)20/h4H,1,5-6H2,2-3H3. The van der Waals surface area contributed by atoms with Crippen LogP contribution in [0.25, 0.3) is 0 Å². The van der Waals surface area contributed by atoms with Crippen LogP contribution in [0.4, 0.5) is 39.5 Å². The van der Waals surface area contributed by atoms with Crippen molar-refractivity contribution < 1.29 is 49.0 Å². The van der Waals surface area contributed by atoms with E-state index in [9.17, 15) is 39.5 Å². The van der Waals surface area contributed by atoms with Crippen molar-refractivity contribution in [1.82, 2.24) is 0 Å². The maximum absolute atomic E-state index is 14.1. The van der Waals surface area contributed by atoms with E-state index >= 15 is 0 Å². The predicted octanol–water partition coefficient (Wildman–Crippen LogP) is 5.93. The maximum Gasteiger partial charge on any atom is 0.429 e. The van der Waals surface area contributed by atoms with Crippen LogP contribution in [0.1, 0.15) is 19.8 Å². The van der Waals surface area contributed by atoms with Crippen LogP contribution in [-0.4, -0.2) is 41.4 Å². The van der Waals surface area contributed by atoms with Crippen molar-refractivity contribution in [2.45, 2.75) is 54.0 Å². The van der Waals surface area contributed by atoms with Gasteiger partial charge in [-0.05, 0) is 43.0 Å². The molecule has 0 aliphatic heterocycles. The van der Waals surface area contributed by atoms with E-state index in [1.165, 1.54) is 0 Å². The number of halogens is 11. The zero-order chi connectivity index (χ0) is 20.5. The van der Waals surface area contributed by atoms with Crippen LogP contribution in [0.15, 0.2) is 12.7 Å². The number of ether oxygens (including phenoxy) is 2. The number of methoxy groups -OCH3 is 1. The van der Waals surface area contributed by atoms with Gasteiger partial charge in [-0.25, -0.2) is 0 Å². The van der Waals surface area contributed by atoms with Gasteiger partial charge < -0.3 is 4.74 Å². The largest absolute Gasteiger partial charge is 0.429 e. The second kappa shape index (κ2) is 7.32. The Morgan fingerprint density at radius 3 is 1.68 bits per heavy atom. The fourth-order valence-corrected chi connectivity index (χ4v) is 1.70. The van der Waals surface area contributed by atoms with Crippen molar-refractivity contribution in [2.75, 3.05) is 7.11 Å². The van der Waals surface area contributed by atoms with Crippen LogP contribution in [0.2, 0.25) is 0 Å². The van der Waals surface area contributed by atoms with Gasteiger partial charge in [0.2, 0.25) is 0 Å². The van der Waals surface area contributed by atoms with Gasteiger partial charge in [-0.1, -0.05) is 6.08 Å². The minimum atomic E-state index is -6.51. The highest BCUT2D eigenvalue weighted by atomic mass is 35.5. The lowest BCUT2D eigenvalue weighted by molar-refractivity contribution is -0.451. The van der Waals surface area contributed by atoms with Gasteiger partial charge >= 0.3 is 28.6 Å². The Morgan fingerprint density at radius 2 is 1.36 bits per heavy atom. The first-order valence-electron chi connectivity index (χ1n) is 6.27. The zero-order valence-electron chi connectivity index (χ0n) is 12.7. The van der Waals surface area contributed by atoms with Gasteiger partial charge in [-0.2, -0.15) is 39.5 Å². The molecule has 2 unspecified atom stereocenters. The van der Waals surface area contributed by atoms with Crippen molar-refractivity contribution >= 4 is 23.2 Å². The van der Waals surface area contributed by atoms with Crippen molar-refractivity contribution in [3.05, 3.63) is 12.7 Å². The zero-order valence-corrected chi connectivity index (χ0v) is 14.2. The lowest BCUT2D eigenvalue weighted by Gasteiger charge is -2.42. The molecule has 13 heteroatoms. The van der Waals surface area contributed by atoms with E-state index in [1.54, 1.807) is 0 Å². The monoisotopic (exact) mass is 430 g/mol. The minimum absolute atomic E-state index is 0.356. The fourth-order valence-electron chi connectivity index (χ4n) is 1.56. The normalized spacial score (nSPS) is 19.2. The third-order valence-electron chi connectivity index (χ3n) is 3.29. The van der Waals surface area contributed by atoms with E-state index in [4.69, 9.17) is 0 Å². The van der Waals surface area contributed by atoms with Crippen LogP contribution in [-0.2, 0) is 9.47 Å². The molecule has 0 radical (unpaired) electrons. The topological polar surface area (TPSA) is 18.5 Å². The molecule has 0 amide bonds. The molecule has 0 aromatic carbocycles. The highest BCUT2D eigenvalue weighted by Gasteiger charge is 2.80. The summed E-state index contributed by atoms with van der Waals surface area (Å²) in [7, 11) is 0.528. The third-order valence-corrected chi connectivity index (χ3v) is 3.94. The third kappa shape index (κ3) is 4.48.